The quantitative estimate of drug-likeness (QED) is 0.101. The highest BCUT2D eigenvalue weighted by atomic mass is 32.2. The van der Waals surface area contributed by atoms with E-state index in [1.54, 1.807) is 60.7 Å². The predicted octanol–water partition coefficient (Wildman–Crippen LogP) is 6.05. The lowest BCUT2D eigenvalue weighted by atomic mass is 10.1. The van der Waals surface area contributed by atoms with E-state index in [4.69, 9.17) is 0 Å². The van der Waals surface area contributed by atoms with Crippen LogP contribution < -0.4 is 15.5 Å². The lowest BCUT2D eigenvalue weighted by Crippen LogP contribution is -2.32. The van der Waals surface area contributed by atoms with E-state index in [1.165, 1.54) is 40.9 Å². The highest BCUT2D eigenvalue weighted by Gasteiger charge is 2.41. The minimum Gasteiger partial charge on any atom is -0.321 e. The van der Waals surface area contributed by atoms with E-state index in [0.717, 1.165) is 16.0 Å². The number of carbonyl (C=O) groups excluding carboxylic acids is 4. The third-order valence-electron chi connectivity index (χ3n) is 7.12. The summed E-state index contributed by atoms with van der Waals surface area (Å²) in [5, 5.41) is 16.3. The van der Waals surface area contributed by atoms with Gasteiger partial charge in [0.15, 0.2) is 0 Å². The SMILES string of the molecule is Cc1cccc(C)c1N1C(=O)CC(Sc2ccc(NC(=O)/C(=C\c3ccccc3[N+](=O)[O-])NC(=O)c3ccccc3)cc2)C1=O. The normalized spacial score (nSPS) is 14.8. The fraction of sp³-hybridized carbons (Fsp3) is 0.118. The Bertz CT molecular complexity index is 1820. The molecule has 2 N–H and O–H groups in total. The summed E-state index contributed by atoms with van der Waals surface area (Å²) in [6.07, 6.45) is 1.32. The van der Waals surface area contributed by atoms with Crippen molar-refractivity contribution in [3.63, 3.8) is 0 Å². The molecule has 1 atom stereocenters. The molecule has 1 unspecified atom stereocenters. The lowest BCUT2D eigenvalue weighted by Gasteiger charge is -2.19. The molecule has 1 aliphatic rings. The minimum absolute atomic E-state index is 0.0661. The average Bonchev–Trinajstić information content (AvgIpc) is 3.30. The van der Waals surface area contributed by atoms with Gasteiger partial charge in [-0.15, -0.1) is 11.8 Å². The largest absolute Gasteiger partial charge is 0.321 e. The molecule has 0 saturated carbocycles. The summed E-state index contributed by atoms with van der Waals surface area (Å²) < 4.78 is 0. The molecule has 0 spiro atoms. The number of nitrogens with zero attached hydrogens (tertiary/aromatic N) is 2. The van der Waals surface area contributed by atoms with Crippen molar-refractivity contribution in [2.45, 2.75) is 30.4 Å². The van der Waals surface area contributed by atoms with Crippen molar-refractivity contribution in [1.82, 2.24) is 5.32 Å². The summed E-state index contributed by atoms with van der Waals surface area (Å²) >= 11 is 1.26. The van der Waals surface area contributed by atoms with Crippen LogP contribution in [0.3, 0.4) is 0 Å². The van der Waals surface area contributed by atoms with Crippen LogP contribution >= 0.6 is 11.8 Å². The number of carbonyl (C=O) groups is 4. The van der Waals surface area contributed by atoms with Crippen molar-refractivity contribution in [3.8, 4) is 0 Å². The number of para-hydroxylation sites is 2. The molecule has 5 rings (SSSR count). The minimum atomic E-state index is -0.696. The maximum atomic E-state index is 13.4. The van der Waals surface area contributed by atoms with Gasteiger partial charge in [-0.1, -0.05) is 48.5 Å². The number of nitrogens with one attached hydrogen (secondary N) is 2. The van der Waals surface area contributed by atoms with Crippen LogP contribution in [0.5, 0.6) is 0 Å². The molecule has 4 aromatic rings. The zero-order chi connectivity index (χ0) is 32.1. The summed E-state index contributed by atoms with van der Waals surface area (Å²) in [7, 11) is 0. The number of nitro groups is 1. The van der Waals surface area contributed by atoms with Crippen LogP contribution in [-0.4, -0.2) is 33.8 Å². The zero-order valence-electron chi connectivity index (χ0n) is 24.4. The number of aryl methyl sites for hydroxylation is 2. The van der Waals surface area contributed by atoms with E-state index >= 15 is 0 Å². The standard InChI is InChI=1S/C34H28N4O6S/c1-21-9-8-10-22(2)31(21)37-30(39)20-29(34(37)42)45-26-17-15-25(16-18-26)35-33(41)27(36-32(40)23-11-4-3-5-12-23)19-24-13-6-7-14-28(24)38(43)44/h3-19,29H,20H2,1-2H3,(H,35,41)(H,36,40)/b27-19+. The molecule has 45 heavy (non-hydrogen) atoms. The van der Waals surface area contributed by atoms with E-state index in [0.29, 0.717) is 16.9 Å². The Kier molecular flexibility index (Phi) is 9.20. The number of amides is 4. The summed E-state index contributed by atoms with van der Waals surface area (Å²) in [5.41, 5.74) is 2.72. The van der Waals surface area contributed by atoms with Gasteiger partial charge < -0.3 is 10.6 Å². The smallest absolute Gasteiger partial charge is 0.276 e. The van der Waals surface area contributed by atoms with E-state index in [1.807, 2.05) is 32.0 Å². The third kappa shape index (κ3) is 7.00. The molecule has 1 fully saturated rings. The van der Waals surface area contributed by atoms with Crippen LogP contribution in [0, 0.1) is 24.0 Å². The monoisotopic (exact) mass is 620 g/mol. The van der Waals surface area contributed by atoms with Crippen molar-refractivity contribution in [2.75, 3.05) is 10.2 Å². The first kappa shape index (κ1) is 30.9. The summed E-state index contributed by atoms with van der Waals surface area (Å²) in [4.78, 5) is 65.4. The van der Waals surface area contributed by atoms with Gasteiger partial charge in [0, 0.05) is 28.6 Å². The molecule has 1 aliphatic heterocycles. The summed E-state index contributed by atoms with van der Waals surface area (Å²) in [6.45, 7) is 3.73. The fourth-order valence-corrected chi connectivity index (χ4v) is 6.00. The Hall–Kier alpha value is -5.55. The van der Waals surface area contributed by atoms with Crippen molar-refractivity contribution in [1.29, 1.82) is 0 Å². The third-order valence-corrected chi connectivity index (χ3v) is 8.32. The van der Waals surface area contributed by atoms with Crippen LogP contribution in [0.4, 0.5) is 17.1 Å². The lowest BCUT2D eigenvalue weighted by molar-refractivity contribution is -0.385. The highest BCUT2D eigenvalue weighted by molar-refractivity contribution is 8.00. The maximum Gasteiger partial charge on any atom is 0.276 e. The first-order valence-corrected chi connectivity index (χ1v) is 14.8. The fourth-order valence-electron chi connectivity index (χ4n) is 4.94. The topological polar surface area (TPSA) is 139 Å². The molecule has 4 aromatic carbocycles. The van der Waals surface area contributed by atoms with Gasteiger partial charge in [0.1, 0.15) is 5.70 Å². The van der Waals surface area contributed by atoms with E-state index < -0.39 is 22.0 Å². The van der Waals surface area contributed by atoms with Gasteiger partial charge in [-0.05, 0) is 73.5 Å². The average molecular weight is 621 g/mol. The number of benzene rings is 4. The van der Waals surface area contributed by atoms with Gasteiger partial charge in [0.05, 0.1) is 21.4 Å². The van der Waals surface area contributed by atoms with Gasteiger partial charge in [0.2, 0.25) is 11.8 Å². The number of hydrogen-bond donors (Lipinski definition) is 2. The van der Waals surface area contributed by atoms with Gasteiger partial charge in [0.25, 0.3) is 17.5 Å². The van der Waals surface area contributed by atoms with Crippen molar-refractivity contribution < 1.29 is 24.1 Å². The summed E-state index contributed by atoms with van der Waals surface area (Å²) in [5.74, 6) is -1.79. The van der Waals surface area contributed by atoms with Gasteiger partial charge in [-0.3, -0.25) is 29.3 Å². The van der Waals surface area contributed by atoms with Crippen LogP contribution in [0.1, 0.15) is 33.5 Å². The van der Waals surface area contributed by atoms with E-state index in [2.05, 4.69) is 10.6 Å². The first-order valence-electron chi connectivity index (χ1n) is 13.9. The second kappa shape index (κ2) is 13.4. The predicted molar refractivity (Wildman–Crippen MR) is 173 cm³/mol. The molecule has 10 nitrogen and oxygen atoms in total. The number of nitro benzene ring substituents is 1. The van der Waals surface area contributed by atoms with Crippen LogP contribution in [0.2, 0.25) is 0 Å². The molecule has 0 aliphatic carbocycles. The van der Waals surface area contributed by atoms with Gasteiger partial charge in [-0.2, -0.15) is 0 Å². The number of thioether (sulfide) groups is 1. The van der Waals surface area contributed by atoms with Crippen LogP contribution in [0.25, 0.3) is 6.08 Å². The molecule has 226 valence electrons. The van der Waals surface area contributed by atoms with Crippen molar-refractivity contribution >= 4 is 58.5 Å². The molecule has 4 amide bonds. The van der Waals surface area contributed by atoms with Crippen LogP contribution in [0.15, 0.2) is 108 Å². The number of rotatable bonds is 9. The molecular formula is C34H28N4O6S. The molecule has 0 radical (unpaired) electrons. The Morgan fingerprint density at radius 3 is 2.20 bits per heavy atom. The molecule has 11 heteroatoms. The Labute approximate surface area is 263 Å². The maximum absolute atomic E-state index is 13.4. The summed E-state index contributed by atoms with van der Waals surface area (Å²) in [6, 6.07) is 26.4. The van der Waals surface area contributed by atoms with Gasteiger partial charge >= 0.3 is 0 Å². The molecular weight excluding hydrogens is 592 g/mol. The Morgan fingerprint density at radius 1 is 0.889 bits per heavy atom. The first-order chi connectivity index (χ1) is 21.6. The van der Waals surface area contributed by atoms with Crippen molar-refractivity contribution in [2.24, 2.45) is 0 Å². The second-order valence-corrected chi connectivity index (χ2v) is 11.6. The van der Waals surface area contributed by atoms with Crippen LogP contribution in [-0.2, 0) is 14.4 Å². The number of hydrogen-bond acceptors (Lipinski definition) is 7. The highest BCUT2D eigenvalue weighted by Crippen LogP contribution is 2.36. The number of imide groups is 1. The molecule has 0 aromatic heterocycles. The van der Waals surface area contributed by atoms with Gasteiger partial charge in [-0.25, -0.2) is 4.90 Å². The Morgan fingerprint density at radius 2 is 1.53 bits per heavy atom. The molecule has 0 bridgehead atoms. The Balaban J connectivity index is 1.32. The second-order valence-electron chi connectivity index (χ2n) is 10.3. The van der Waals surface area contributed by atoms with E-state index in [-0.39, 0.29) is 35.2 Å². The molecule has 1 heterocycles. The van der Waals surface area contributed by atoms with Crippen molar-refractivity contribution in [3.05, 3.63) is 135 Å². The van der Waals surface area contributed by atoms with E-state index in [9.17, 15) is 29.3 Å². The number of anilines is 2. The zero-order valence-corrected chi connectivity index (χ0v) is 25.2. The molecule has 1 saturated heterocycles.